The molecule has 3 rings (SSSR count). The van der Waals surface area contributed by atoms with Crippen LogP contribution in [-0.2, 0) is 19.1 Å². The SMILES string of the molecule is C=CC(=O)OCCCCOc1ccc(OC(=O)/C=C/c2ccc(-c3ccc(OC(=O)C(=C)CO)cc3)cc2)cc1. The van der Waals surface area contributed by atoms with Gasteiger partial charge in [-0.2, -0.15) is 0 Å². The molecule has 0 atom stereocenters. The summed E-state index contributed by atoms with van der Waals surface area (Å²) in [4.78, 5) is 34.9. The van der Waals surface area contributed by atoms with E-state index in [0.717, 1.165) is 29.2 Å². The fourth-order valence-corrected chi connectivity index (χ4v) is 3.29. The van der Waals surface area contributed by atoms with Gasteiger partial charge >= 0.3 is 17.9 Å². The van der Waals surface area contributed by atoms with Gasteiger partial charge in [0, 0.05) is 12.2 Å². The van der Waals surface area contributed by atoms with Crippen molar-refractivity contribution in [2.24, 2.45) is 0 Å². The molecule has 0 aliphatic rings. The average molecular weight is 543 g/mol. The largest absolute Gasteiger partial charge is 0.494 e. The lowest BCUT2D eigenvalue weighted by Gasteiger charge is -2.07. The number of hydrogen-bond donors (Lipinski definition) is 1. The monoisotopic (exact) mass is 542 g/mol. The van der Waals surface area contributed by atoms with Gasteiger partial charge in [0.25, 0.3) is 0 Å². The minimum Gasteiger partial charge on any atom is -0.494 e. The third-order valence-corrected chi connectivity index (χ3v) is 5.46. The van der Waals surface area contributed by atoms with E-state index in [-0.39, 0.29) is 5.57 Å². The predicted molar refractivity (Wildman–Crippen MR) is 151 cm³/mol. The number of esters is 3. The first-order valence-corrected chi connectivity index (χ1v) is 12.5. The molecule has 40 heavy (non-hydrogen) atoms. The van der Waals surface area contributed by atoms with Gasteiger partial charge in [-0.15, -0.1) is 0 Å². The molecule has 0 fully saturated rings. The highest BCUT2D eigenvalue weighted by atomic mass is 16.5. The van der Waals surface area contributed by atoms with Gasteiger partial charge in [-0.05, 0) is 72.0 Å². The zero-order chi connectivity index (χ0) is 28.7. The van der Waals surface area contributed by atoms with Crippen LogP contribution in [0.2, 0.25) is 0 Å². The lowest BCUT2D eigenvalue weighted by Crippen LogP contribution is -2.12. The molecule has 0 saturated heterocycles. The van der Waals surface area contributed by atoms with Crippen molar-refractivity contribution in [3.05, 3.63) is 109 Å². The summed E-state index contributed by atoms with van der Waals surface area (Å²) in [6, 6.07) is 21.2. The van der Waals surface area contributed by atoms with E-state index in [1.807, 2.05) is 36.4 Å². The third kappa shape index (κ3) is 9.74. The van der Waals surface area contributed by atoms with E-state index in [1.54, 1.807) is 42.5 Å². The van der Waals surface area contributed by atoms with Crippen LogP contribution < -0.4 is 14.2 Å². The maximum atomic E-state index is 12.2. The normalized spacial score (nSPS) is 10.5. The van der Waals surface area contributed by atoms with E-state index in [4.69, 9.17) is 24.1 Å². The van der Waals surface area contributed by atoms with Crippen LogP contribution in [-0.4, -0.2) is 42.8 Å². The number of ether oxygens (including phenoxy) is 4. The molecule has 0 aromatic heterocycles. The second-order valence-corrected chi connectivity index (χ2v) is 8.45. The molecule has 206 valence electrons. The Morgan fingerprint density at radius 3 is 1.90 bits per heavy atom. The molecule has 8 nitrogen and oxygen atoms in total. The minimum absolute atomic E-state index is 0.0190. The fraction of sp³-hybridized carbons (Fsp3) is 0.156. The van der Waals surface area contributed by atoms with Crippen molar-refractivity contribution in [3.8, 4) is 28.4 Å². The van der Waals surface area contributed by atoms with Crippen LogP contribution in [0.4, 0.5) is 0 Å². The zero-order valence-corrected chi connectivity index (χ0v) is 21.9. The number of unbranched alkanes of at least 4 members (excludes halogenated alkanes) is 1. The molecule has 0 unspecified atom stereocenters. The van der Waals surface area contributed by atoms with Gasteiger partial charge in [0.2, 0.25) is 0 Å². The minimum atomic E-state index is -0.676. The summed E-state index contributed by atoms with van der Waals surface area (Å²) in [5, 5.41) is 8.95. The van der Waals surface area contributed by atoms with Gasteiger partial charge < -0.3 is 24.1 Å². The topological polar surface area (TPSA) is 108 Å². The summed E-state index contributed by atoms with van der Waals surface area (Å²) in [6.07, 6.45) is 5.54. The second-order valence-electron chi connectivity index (χ2n) is 8.45. The Labute approximate surface area is 232 Å². The van der Waals surface area contributed by atoms with Gasteiger partial charge in [0.05, 0.1) is 25.4 Å². The van der Waals surface area contributed by atoms with Crippen LogP contribution in [0.5, 0.6) is 17.2 Å². The highest BCUT2D eigenvalue weighted by Gasteiger charge is 2.09. The summed E-state index contributed by atoms with van der Waals surface area (Å²) in [5.74, 6) is -0.242. The molecular weight excluding hydrogens is 512 g/mol. The van der Waals surface area contributed by atoms with Crippen LogP contribution >= 0.6 is 0 Å². The molecule has 3 aromatic carbocycles. The number of carbonyl (C=O) groups excluding carboxylic acids is 3. The summed E-state index contributed by atoms with van der Waals surface area (Å²) in [6.45, 7) is 7.10. The molecule has 8 heteroatoms. The van der Waals surface area contributed by atoms with Crippen molar-refractivity contribution < 1.29 is 38.4 Å². The number of hydrogen-bond acceptors (Lipinski definition) is 8. The summed E-state index contributed by atoms with van der Waals surface area (Å²) >= 11 is 0. The van der Waals surface area contributed by atoms with Crippen molar-refractivity contribution in [1.82, 2.24) is 0 Å². The first kappa shape index (κ1) is 29.6. The van der Waals surface area contributed by atoms with Gasteiger partial charge in [0.1, 0.15) is 17.2 Å². The van der Waals surface area contributed by atoms with Crippen molar-refractivity contribution in [3.63, 3.8) is 0 Å². The molecule has 0 aliphatic heterocycles. The number of benzene rings is 3. The Kier molecular flexibility index (Phi) is 11.4. The van der Waals surface area contributed by atoms with Crippen LogP contribution in [0, 0.1) is 0 Å². The Bertz CT molecular complexity index is 1340. The molecule has 0 saturated carbocycles. The van der Waals surface area contributed by atoms with E-state index in [2.05, 4.69) is 13.2 Å². The molecule has 0 radical (unpaired) electrons. The van der Waals surface area contributed by atoms with E-state index < -0.39 is 24.5 Å². The lowest BCUT2D eigenvalue weighted by atomic mass is 10.0. The van der Waals surface area contributed by atoms with E-state index >= 15 is 0 Å². The molecule has 0 spiro atoms. The number of carbonyl (C=O) groups is 3. The Hall–Kier alpha value is -4.95. The van der Waals surface area contributed by atoms with E-state index in [1.165, 1.54) is 6.08 Å². The third-order valence-electron chi connectivity index (χ3n) is 5.46. The summed E-state index contributed by atoms with van der Waals surface area (Å²) in [5.41, 5.74) is 2.65. The van der Waals surface area contributed by atoms with Crippen LogP contribution in [0.1, 0.15) is 18.4 Å². The predicted octanol–water partition coefficient (Wildman–Crippen LogP) is 5.31. The Balaban J connectivity index is 1.43. The average Bonchev–Trinajstić information content (AvgIpc) is 2.98. The van der Waals surface area contributed by atoms with E-state index in [0.29, 0.717) is 36.9 Å². The van der Waals surface area contributed by atoms with Gasteiger partial charge in [-0.25, -0.2) is 14.4 Å². The highest BCUT2D eigenvalue weighted by Crippen LogP contribution is 2.24. The van der Waals surface area contributed by atoms with Gasteiger partial charge in [0.15, 0.2) is 0 Å². The van der Waals surface area contributed by atoms with Crippen LogP contribution in [0.25, 0.3) is 17.2 Å². The number of aliphatic hydroxyl groups is 1. The molecule has 0 heterocycles. The van der Waals surface area contributed by atoms with Crippen molar-refractivity contribution >= 4 is 24.0 Å². The highest BCUT2D eigenvalue weighted by molar-refractivity contribution is 5.90. The quantitative estimate of drug-likeness (QED) is 0.126. The zero-order valence-electron chi connectivity index (χ0n) is 21.9. The molecule has 1 N–H and O–H groups in total. The molecular formula is C32H30O8. The molecule has 0 aliphatic carbocycles. The van der Waals surface area contributed by atoms with E-state index in [9.17, 15) is 14.4 Å². The molecule has 0 bridgehead atoms. The standard InChI is InChI=1S/C32H30O8/c1-3-30(34)38-21-5-4-20-37-27-15-17-28(18-16-27)39-31(35)19-8-24-6-9-25(10-7-24)26-11-13-29(14-12-26)40-32(36)23(2)22-33/h3,6-19,33H,1-2,4-5,20-22H2/b19-8+. The van der Waals surface area contributed by atoms with Crippen LogP contribution in [0.15, 0.2) is 104 Å². The maximum Gasteiger partial charge on any atom is 0.341 e. The molecule has 3 aromatic rings. The summed E-state index contributed by atoms with van der Waals surface area (Å²) in [7, 11) is 0. The first-order valence-electron chi connectivity index (χ1n) is 12.5. The summed E-state index contributed by atoms with van der Waals surface area (Å²) < 4.78 is 21.0. The number of aliphatic hydroxyl groups excluding tert-OH is 1. The maximum absolute atomic E-state index is 12.2. The van der Waals surface area contributed by atoms with Gasteiger partial charge in [-0.1, -0.05) is 49.6 Å². The fourth-order valence-electron chi connectivity index (χ4n) is 3.29. The Morgan fingerprint density at radius 1 is 0.725 bits per heavy atom. The van der Waals surface area contributed by atoms with Crippen molar-refractivity contribution in [1.29, 1.82) is 0 Å². The molecule has 0 amide bonds. The lowest BCUT2D eigenvalue weighted by molar-refractivity contribution is -0.138. The smallest absolute Gasteiger partial charge is 0.341 e. The first-order chi connectivity index (χ1) is 19.4. The number of rotatable bonds is 14. The van der Waals surface area contributed by atoms with Crippen LogP contribution in [0.3, 0.4) is 0 Å². The Morgan fingerprint density at radius 2 is 1.27 bits per heavy atom. The van der Waals surface area contributed by atoms with Gasteiger partial charge in [-0.3, -0.25) is 0 Å². The second kappa shape index (κ2) is 15.5. The van der Waals surface area contributed by atoms with Crippen molar-refractivity contribution in [2.45, 2.75) is 12.8 Å². The van der Waals surface area contributed by atoms with Crippen molar-refractivity contribution in [2.75, 3.05) is 19.8 Å².